The summed E-state index contributed by atoms with van der Waals surface area (Å²) in [5, 5.41) is 2.87. The van der Waals surface area contributed by atoms with Crippen LogP contribution in [0.4, 0.5) is 0 Å². The van der Waals surface area contributed by atoms with Crippen molar-refractivity contribution >= 4 is 11.7 Å². The minimum absolute atomic E-state index is 0.0304. The van der Waals surface area contributed by atoms with Gasteiger partial charge in [0.05, 0.1) is 6.61 Å². The number of hydrogen-bond acceptors (Lipinski definition) is 3. The first-order chi connectivity index (χ1) is 12.0. The van der Waals surface area contributed by atoms with Crippen molar-refractivity contribution in [1.29, 1.82) is 0 Å². The molecule has 5 nitrogen and oxygen atoms in total. The number of aryl methyl sites for hydroxylation is 1. The van der Waals surface area contributed by atoms with Crippen molar-refractivity contribution in [3.8, 4) is 0 Å². The number of ketones is 1. The van der Waals surface area contributed by atoms with Crippen molar-refractivity contribution in [2.45, 2.75) is 33.6 Å². The highest BCUT2D eigenvalue weighted by Crippen LogP contribution is 2.18. The molecule has 0 aliphatic carbocycles. The molecule has 1 amide bonds. The second-order valence-corrected chi connectivity index (χ2v) is 6.14. The van der Waals surface area contributed by atoms with Crippen LogP contribution in [-0.4, -0.2) is 36.4 Å². The Bertz CT molecular complexity index is 720. The minimum atomic E-state index is -0.183. The van der Waals surface area contributed by atoms with E-state index in [1.165, 1.54) is 12.5 Å². The molecule has 5 heteroatoms. The smallest absolute Gasteiger partial charge is 0.268 e. The van der Waals surface area contributed by atoms with Crippen LogP contribution in [0.2, 0.25) is 0 Å². The number of Topliss-reactive ketones (excluding diaryl/α,β-unsaturated/α-hetero) is 1. The fourth-order valence-electron chi connectivity index (χ4n) is 2.91. The zero-order valence-corrected chi connectivity index (χ0v) is 15.1. The first-order valence-corrected chi connectivity index (χ1v) is 8.60. The standard InChI is InChI=1S/C20H26N2O3/c1-14-18(16(3)23)15(2)22-19(14)20(24)21-11-7-12-25-13-10-17-8-5-4-6-9-17/h4-6,8-9,22H,7,10-13H2,1-3H3,(H,21,24). The Kier molecular flexibility index (Phi) is 6.95. The molecule has 2 N–H and O–H groups in total. The van der Waals surface area contributed by atoms with Gasteiger partial charge in [-0.3, -0.25) is 9.59 Å². The van der Waals surface area contributed by atoms with Gasteiger partial charge in [0.25, 0.3) is 5.91 Å². The summed E-state index contributed by atoms with van der Waals surface area (Å²) in [5.74, 6) is -0.213. The average molecular weight is 342 g/mol. The molecular formula is C20H26N2O3. The Balaban J connectivity index is 1.67. The molecule has 0 bridgehead atoms. The van der Waals surface area contributed by atoms with Crippen LogP contribution in [0.25, 0.3) is 0 Å². The van der Waals surface area contributed by atoms with E-state index in [1.807, 2.05) is 18.2 Å². The van der Waals surface area contributed by atoms with Gasteiger partial charge in [-0.1, -0.05) is 30.3 Å². The Hall–Kier alpha value is -2.40. The molecule has 1 aromatic heterocycles. The third kappa shape index (κ3) is 5.29. The van der Waals surface area contributed by atoms with Gasteiger partial charge in [-0.25, -0.2) is 0 Å². The predicted molar refractivity (Wildman–Crippen MR) is 98.2 cm³/mol. The van der Waals surface area contributed by atoms with Crippen LogP contribution in [-0.2, 0) is 11.2 Å². The van der Waals surface area contributed by atoms with Gasteiger partial charge in [-0.05, 0) is 44.7 Å². The van der Waals surface area contributed by atoms with Crippen molar-refractivity contribution in [3.05, 3.63) is 58.4 Å². The summed E-state index contributed by atoms with van der Waals surface area (Å²) in [4.78, 5) is 26.9. The fourth-order valence-corrected chi connectivity index (χ4v) is 2.91. The lowest BCUT2D eigenvalue weighted by Crippen LogP contribution is -2.26. The molecule has 0 aliphatic heterocycles. The molecular weight excluding hydrogens is 316 g/mol. The number of carbonyl (C=O) groups is 2. The number of hydrogen-bond donors (Lipinski definition) is 2. The van der Waals surface area contributed by atoms with E-state index in [-0.39, 0.29) is 11.7 Å². The Labute approximate surface area is 148 Å². The maximum Gasteiger partial charge on any atom is 0.268 e. The molecule has 1 aromatic carbocycles. The molecule has 0 fully saturated rings. The third-order valence-electron chi connectivity index (χ3n) is 4.15. The third-order valence-corrected chi connectivity index (χ3v) is 4.15. The van der Waals surface area contributed by atoms with Gasteiger partial charge in [0.15, 0.2) is 5.78 Å². The topological polar surface area (TPSA) is 71.2 Å². The van der Waals surface area contributed by atoms with Crippen molar-refractivity contribution in [1.82, 2.24) is 10.3 Å². The lowest BCUT2D eigenvalue weighted by atomic mass is 10.1. The first-order valence-electron chi connectivity index (χ1n) is 8.60. The molecule has 2 aromatic rings. The Morgan fingerprint density at radius 3 is 2.48 bits per heavy atom. The maximum absolute atomic E-state index is 12.2. The monoisotopic (exact) mass is 342 g/mol. The summed E-state index contributed by atoms with van der Waals surface area (Å²) in [5.41, 5.74) is 3.78. The summed E-state index contributed by atoms with van der Waals surface area (Å²) >= 11 is 0. The van der Waals surface area contributed by atoms with Gasteiger partial charge in [-0.15, -0.1) is 0 Å². The predicted octanol–water partition coefficient (Wildman–Crippen LogP) is 3.21. The van der Waals surface area contributed by atoms with Gasteiger partial charge in [0.1, 0.15) is 5.69 Å². The van der Waals surface area contributed by atoms with Crippen molar-refractivity contribution in [2.75, 3.05) is 19.8 Å². The number of nitrogens with one attached hydrogen (secondary N) is 2. The van der Waals surface area contributed by atoms with Gasteiger partial charge in [0, 0.05) is 24.4 Å². The van der Waals surface area contributed by atoms with Crippen LogP contribution in [0.15, 0.2) is 30.3 Å². The molecule has 2 rings (SSSR count). The minimum Gasteiger partial charge on any atom is -0.381 e. The average Bonchev–Trinajstić information content (AvgIpc) is 2.89. The van der Waals surface area contributed by atoms with Crippen molar-refractivity contribution in [3.63, 3.8) is 0 Å². The summed E-state index contributed by atoms with van der Waals surface area (Å²) in [6, 6.07) is 10.2. The number of aromatic amines is 1. The molecule has 25 heavy (non-hydrogen) atoms. The lowest BCUT2D eigenvalue weighted by Gasteiger charge is -2.06. The number of rotatable bonds is 9. The van der Waals surface area contributed by atoms with Crippen LogP contribution in [0.3, 0.4) is 0 Å². The van der Waals surface area contributed by atoms with E-state index >= 15 is 0 Å². The molecule has 0 unspecified atom stereocenters. The van der Waals surface area contributed by atoms with Crippen LogP contribution < -0.4 is 5.32 Å². The van der Waals surface area contributed by atoms with Gasteiger partial charge >= 0.3 is 0 Å². The summed E-state index contributed by atoms with van der Waals surface area (Å²) < 4.78 is 5.60. The number of carbonyl (C=O) groups excluding carboxylic acids is 2. The molecule has 1 heterocycles. The van der Waals surface area contributed by atoms with Gasteiger partial charge < -0.3 is 15.0 Å². The summed E-state index contributed by atoms with van der Waals surface area (Å²) in [6.45, 7) is 6.93. The van der Waals surface area contributed by atoms with E-state index in [2.05, 4.69) is 22.4 Å². The maximum atomic E-state index is 12.2. The molecule has 0 saturated heterocycles. The Morgan fingerprint density at radius 1 is 1.12 bits per heavy atom. The molecule has 0 aliphatic rings. The number of H-pyrrole nitrogens is 1. The van der Waals surface area contributed by atoms with Gasteiger partial charge in [-0.2, -0.15) is 0 Å². The number of aromatic nitrogens is 1. The molecule has 0 spiro atoms. The number of amides is 1. The molecule has 0 radical (unpaired) electrons. The van der Waals surface area contributed by atoms with E-state index in [4.69, 9.17) is 4.74 Å². The second kappa shape index (κ2) is 9.18. The van der Waals surface area contributed by atoms with E-state index in [0.29, 0.717) is 36.6 Å². The zero-order valence-electron chi connectivity index (χ0n) is 15.1. The van der Waals surface area contributed by atoms with Crippen LogP contribution in [0.5, 0.6) is 0 Å². The van der Waals surface area contributed by atoms with E-state index in [0.717, 1.165) is 18.5 Å². The number of benzene rings is 1. The first kappa shape index (κ1) is 18.9. The molecule has 0 atom stereocenters. The highest BCUT2D eigenvalue weighted by molar-refractivity contribution is 6.02. The largest absolute Gasteiger partial charge is 0.381 e. The summed E-state index contributed by atoms with van der Waals surface area (Å²) in [6.07, 6.45) is 1.64. The summed E-state index contributed by atoms with van der Waals surface area (Å²) in [7, 11) is 0. The van der Waals surface area contributed by atoms with E-state index in [9.17, 15) is 9.59 Å². The number of ether oxygens (including phenoxy) is 1. The highest BCUT2D eigenvalue weighted by Gasteiger charge is 2.19. The van der Waals surface area contributed by atoms with Crippen molar-refractivity contribution < 1.29 is 14.3 Å². The SMILES string of the molecule is CC(=O)c1c(C)[nH]c(C(=O)NCCCOCCc2ccccc2)c1C. The van der Waals surface area contributed by atoms with Crippen LogP contribution >= 0.6 is 0 Å². The normalized spacial score (nSPS) is 10.7. The second-order valence-electron chi connectivity index (χ2n) is 6.14. The molecule has 0 saturated carbocycles. The molecule has 134 valence electrons. The van der Waals surface area contributed by atoms with Gasteiger partial charge in [0.2, 0.25) is 0 Å². The highest BCUT2D eigenvalue weighted by atomic mass is 16.5. The quantitative estimate of drug-likeness (QED) is 0.543. The van der Waals surface area contributed by atoms with Crippen molar-refractivity contribution in [2.24, 2.45) is 0 Å². The fraction of sp³-hybridized carbons (Fsp3) is 0.400. The Morgan fingerprint density at radius 2 is 1.84 bits per heavy atom. The van der Waals surface area contributed by atoms with Crippen LogP contribution in [0.1, 0.15) is 51.0 Å². The van der Waals surface area contributed by atoms with E-state index < -0.39 is 0 Å². The zero-order chi connectivity index (χ0) is 18.2. The lowest BCUT2D eigenvalue weighted by molar-refractivity contribution is 0.0937. The van der Waals surface area contributed by atoms with Crippen LogP contribution in [0, 0.1) is 13.8 Å². The van der Waals surface area contributed by atoms with E-state index in [1.54, 1.807) is 13.8 Å².